The fraction of sp³-hybridized carbons (Fsp3) is 0.615. The zero-order valence-corrected chi connectivity index (χ0v) is 11.3. The number of thiophene rings is 1. The summed E-state index contributed by atoms with van der Waals surface area (Å²) >= 11 is 1.60. The molecule has 0 bridgehead atoms. The summed E-state index contributed by atoms with van der Waals surface area (Å²) in [6, 6.07) is 0.245. The van der Waals surface area contributed by atoms with Crippen molar-refractivity contribution in [1.29, 1.82) is 0 Å². The number of amides is 1. The minimum Gasteiger partial charge on any atom is -0.339 e. The van der Waals surface area contributed by atoms with Gasteiger partial charge in [0.1, 0.15) is 0 Å². The molecule has 4 heteroatoms. The molecule has 0 spiro atoms. The van der Waals surface area contributed by atoms with Gasteiger partial charge in [0.05, 0.1) is 5.56 Å². The minimum atomic E-state index is 0.187. The number of nitrogens with zero attached hydrogens (tertiary/aromatic N) is 1. The van der Waals surface area contributed by atoms with Gasteiger partial charge in [-0.25, -0.2) is 0 Å². The molecule has 1 aliphatic rings. The van der Waals surface area contributed by atoms with Crippen LogP contribution in [0.3, 0.4) is 0 Å². The van der Waals surface area contributed by atoms with E-state index < -0.39 is 0 Å². The van der Waals surface area contributed by atoms with E-state index in [1.54, 1.807) is 11.3 Å². The molecule has 1 atom stereocenters. The van der Waals surface area contributed by atoms with Crippen molar-refractivity contribution in [2.75, 3.05) is 13.1 Å². The van der Waals surface area contributed by atoms with E-state index in [1.165, 1.54) is 0 Å². The lowest BCUT2D eigenvalue weighted by Crippen LogP contribution is -2.42. The normalized spacial score (nSPS) is 19.4. The molecule has 0 aliphatic carbocycles. The van der Waals surface area contributed by atoms with Gasteiger partial charge < -0.3 is 10.6 Å². The Morgan fingerprint density at radius 1 is 1.47 bits per heavy atom. The molecule has 1 aromatic rings. The summed E-state index contributed by atoms with van der Waals surface area (Å²) in [5.41, 5.74) is 7.87. The van der Waals surface area contributed by atoms with Crippen molar-refractivity contribution in [3.63, 3.8) is 0 Å². The maximum absolute atomic E-state index is 12.3. The van der Waals surface area contributed by atoms with E-state index in [1.807, 2.05) is 22.6 Å². The zero-order chi connectivity index (χ0) is 12.4. The highest BCUT2D eigenvalue weighted by molar-refractivity contribution is 7.08. The van der Waals surface area contributed by atoms with E-state index in [-0.39, 0.29) is 11.9 Å². The molecular weight excluding hydrogens is 232 g/mol. The van der Waals surface area contributed by atoms with Gasteiger partial charge in [0.15, 0.2) is 0 Å². The number of carbonyl (C=O) groups excluding carboxylic acids is 1. The minimum absolute atomic E-state index is 0.187. The second-order valence-electron chi connectivity index (χ2n) is 4.96. The van der Waals surface area contributed by atoms with Gasteiger partial charge in [-0.15, -0.1) is 0 Å². The van der Waals surface area contributed by atoms with E-state index in [9.17, 15) is 4.79 Å². The van der Waals surface area contributed by atoms with Gasteiger partial charge >= 0.3 is 0 Å². The lowest BCUT2D eigenvalue weighted by molar-refractivity contribution is 0.0681. The van der Waals surface area contributed by atoms with Gasteiger partial charge in [0.2, 0.25) is 0 Å². The van der Waals surface area contributed by atoms with Crippen molar-refractivity contribution in [1.82, 2.24) is 4.90 Å². The number of aryl methyl sites for hydroxylation is 1. The van der Waals surface area contributed by atoms with Crippen LogP contribution in [0.15, 0.2) is 10.8 Å². The highest BCUT2D eigenvalue weighted by Crippen LogP contribution is 2.23. The molecule has 1 amide bonds. The fourth-order valence-corrected chi connectivity index (χ4v) is 3.20. The average molecular weight is 252 g/mol. The molecule has 94 valence electrons. The Balaban J connectivity index is 1.98. The molecule has 2 N–H and O–H groups in total. The van der Waals surface area contributed by atoms with Gasteiger partial charge in [-0.05, 0) is 43.6 Å². The van der Waals surface area contributed by atoms with Crippen LogP contribution in [-0.4, -0.2) is 29.9 Å². The van der Waals surface area contributed by atoms with Gasteiger partial charge in [0, 0.05) is 24.5 Å². The molecule has 0 radical (unpaired) electrons. The van der Waals surface area contributed by atoms with Crippen molar-refractivity contribution in [3.05, 3.63) is 21.9 Å². The molecule has 2 heterocycles. The van der Waals surface area contributed by atoms with E-state index >= 15 is 0 Å². The number of likely N-dealkylation sites (tertiary alicyclic amines) is 1. The number of hydrogen-bond donors (Lipinski definition) is 1. The summed E-state index contributed by atoms with van der Waals surface area (Å²) in [4.78, 5) is 14.2. The summed E-state index contributed by atoms with van der Waals surface area (Å²) in [5.74, 6) is 0.759. The molecule has 2 rings (SSSR count). The molecule has 1 aliphatic heterocycles. The van der Waals surface area contributed by atoms with Crippen LogP contribution in [-0.2, 0) is 0 Å². The van der Waals surface area contributed by atoms with Crippen LogP contribution in [0.1, 0.15) is 35.7 Å². The topological polar surface area (TPSA) is 46.3 Å². The van der Waals surface area contributed by atoms with Gasteiger partial charge in [0.25, 0.3) is 5.91 Å². The summed E-state index contributed by atoms with van der Waals surface area (Å²) in [7, 11) is 0. The largest absolute Gasteiger partial charge is 0.339 e. The van der Waals surface area contributed by atoms with E-state index in [4.69, 9.17) is 5.73 Å². The Labute approximate surface area is 107 Å². The maximum atomic E-state index is 12.3. The Morgan fingerprint density at radius 2 is 2.12 bits per heavy atom. The first-order valence-corrected chi connectivity index (χ1v) is 7.11. The predicted octanol–water partition coefficient (Wildman–Crippen LogP) is 2.26. The molecule has 1 fully saturated rings. The number of hydrogen-bond acceptors (Lipinski definition) is 3. The lowest BCUT2D eigenvalue weighted by atomic mass is 9.90. The van der Waals surface area contributed by atoms with Crippen molar-refractivity contribution >= 4 is 17.2 Å². The van der Waals surface area contributed by atoms with Gasteiger partial charge in [-0.1, -0.05) is 0 Å². The summed E-state index contributed by atoms with van der Waals surface area (Å²) < 4.78 is 0. The van der Waals surface area contributed by atoms with Crippen LogP contribution in [0.2, 0.25) is 0 Å². The average Bonchev–Trinajstić information content (AvgIpc) is 2.74. The molecule has 3 nitrogen and oxygen atoms in total. The van der Waals surface area contributed by atoms with Crippen LogP contribution < -0.4 is 5.73 Å². The second kappa shape index (κ2) is 5.19. The summed E-state index contributed by atoms with van der Waals surface area (Å²) in [6.07, 6.45) is 2.07. The maximum Gasteiger partial charge on any atom is 0.254 e. The number of piperidine rings is 1. The van der Waals surface area contributed by atoms with Gasteiger partial charge in [-0.2, -0.15) is 11.3 Å². The standard InChI is InChI=1S/C13H20N2OS/c1-9-7-17-8-12(9)13(16)15-5-3-11(4-6-15)10(2)14/h7-8,10-11H,3-6,14H2,1-2H3. The first-order chi connectivity index (χ1) is 8.09. The monoisotopic (exact) mass is 252 g/mol. The first kappa shape index (κ1) is 12.6. The summed E-state index contributed by atoms with van der Waals surface area (Å²) in [6.45, 7) is 5.75. The smallest absolute Gasteiger partial charge is 0.254 e. The molecule has 1 unspecified atom stereocenters. The van der Waals surface area contributed by atoms with E-state index in [0.717, 1.165) is 37.1 Å². The third-order valence-corrected chi connectivity index (χ3v) is 4.52. The molecule has 0 saturated carbocycles. The van der Waals surface area contributed by atoms with Crippen molar-refractivity contribution < 1.29 is 4.79 Å². The van der Waals surface area contributed by atoms with Crippen molar-refractivity contribution in [2.45, 2.75) is 32.7 Å². The van der Waals surface area contributed by atoms with Crippen LogP contribution in [0, 0.1) is 12.8 Å². The molecular formula is C13H20N2OS. The SMILES string of the molecule is Cc1cscc1C(=O)N1CCC(C(C)N)CC1. The quantitative estimate of drug-likeness (QED) is 0.877. The van der Waals surface area contributed by atoms with Crippen LogP contribution in [0.4, 0.5) is 0 Å². The molecule has 17 heavy (non-hydrogen) atoms. The van der Waals surface area contributed by atoms with E-state index in [0.29, 0.717) is 5.92 Å². The molecule has 1 aromatic heterocycles. The van der Waals surface area contributed by atoms with Crippen LogP contribution >= 0.6 is 11.3 Å². The Hall–Kier alpha value is -0.870. The summed E-state index contributed by atoms with van der Waals surface area (Å²) in [5, 5.41) is 3.98. The number of carbonyl (C=O) groups is 1. The van der Waals surface area contributed by atoms with Crippen molar-refractivity contribution in [2.24, 2.45) is 11.7 Å². The predicted molar refractivity (Wildman–Crippen MR) is 71.3 cm³/mol. The zero-order valence-electron chi connectivity index (χ0n) is 10.5. The fourth-order valence-electron chi connectivity index (χ4n) is 2.38. The Kier molecular flexibility index (Phi) is 3.84. The second-order valence-corrected chi connectivity index (χ2v) is 5.70. The number of rotatable bonds is 2. The number of nitrogens with two attached hydrogens (primary N) is 1. The van der Waals surface area contributed by atoms with E-state index in [2.05, 4.69) is 6.92 Å². The highest BCUT2D eigenvalue weighted by Gasteiger charge is 2.26. The lowest BCUT2D eigenvalue weighted by Gasteiger charge is -2.33. The third kappa shape index (κ3) is 2.69. The highest BCUT2D eigenvalue weighted by atomic mass is 32.1. The molecule has 0 aromatic carbocycles. The van der Waals surface area contributed by atoms with Gasteiger partial charge in [-0.3, -0.25) is 4.79 Å². The Bertz CT molecular complexity index is 392. The van der Waals surface area contributed by atoms with Crippen molar-refractivity contribution in [3.8, 4) is 0 Å². The third-order valence-electron chi connectivity index (χ3n) is 3.66. The first-order valence-electron chi connectivity index (χ1n) is 6.17. The van der Waals surface area contributed by atoms with Crippen LogP contribution in [0.5, 0.6) is 0 Å². The molecule has 1 saturated heterocycles. The van der Waals surface area contributed by atoms with Crippen LogP contribution in [0.25, 0.3) is 0 Å². The Morgan fingerprint density at radius 3 is 2.59 bits per heavy atom.